The fourth-order valence-electron chi connectivity index (χ4n) is 3.28. The van der Waals surface area contributed by atoms with Crippen LogP contribution < -0.4 is 10.0 Å². The number of likely N-dealkylation sites (tertiary alicyclic amines) is 1. The second-order valence-corrected chi connectivity index (χ2v) is 10.9. The highest BCUT2D eigenvalue weighted by Gasteiger charge is 2.28. The number of halogens is 1. The molecule has 1 saturated carbocycles. The summed E-state index contributed by atoms with van der Waals surface area (Å²) in [7, 11) is -3.62. The Hall–Kier alpha value is -1.33. The van der Waals surface area contributed by atoms with Gasteiger partial charge in [-0.3, -0.25) is 15.0 Å². The van der Waals surface area contributed by atoms with Crippen LogP contribution in [0.2, 0.25) is 0 Å². The van der Waals surface area contributed by atoms with E-state index < -0.39 is 10.0 Å². The first-order chi connectivity index (χ1) is 13.9. The number of nitrogens with one attached hydrogen (secondary N) is 2. The van der Waals surface area contributed by atoms with Crippen LogP contribution in [-0.2, 0) is 16.6 Å². The Kier molecular flexibility index (Phi) is 6.35. The molecule has 0 spiro atoms. The fourth-order valence-corrected chi connectivity index (χ4v) is 5.74. The lowest BCUT2D eigenvalue weighted by molar-refractivity contribution is 0.102. The van der Waals surface area contributed by atoms with Gasteiger partial charge in [0.1, 0.15) is 0 Å². The summed E-state index contributed by atoms with van der Waals surface area (Å²) in [5, 5.41) is 5.26. The minimum atomic E-state index is -3.62. The molecule has 4 rings (SSSR count). The molecule has 0 unspecified atom stereocenters. The van der Waals surface area contributed by atoms with Crippen molar-refractivity contribution in [2.45, 2.75) is 49.6 Å². The first kappa shape index (κ1) is 20.9. The second-order valence-electron chi connectivity index (χ2n) is 7.47. The Bertz CT molecular complexity index is 999. The number of carbonyl (C=O) groups is 1. The van der Waals surface area contributed by atoms with Gasteiger partial charge < -0.3 is 0 Å². The van der Waals surface area contributed by atoms with E-state index in [2.05, 4.69) is 35.9 Å². The van der Waals surface area contributed by atoms with Gasteiger partial charge in [-0.2, -0.15) is 0 Å². The molecule has 1 amide bonds. The first-order valence-corrected chi connectivity index (χ1v) is 12.9. The van der Waals surface area contributed by atoms with E-state index in [1.807, 2.05) is 5.38 Å². The van der Waals surface area contributed by atoms with Gasteiger partial charge in [0.2, 0.25) is 10.0 Å². The molecule has 10 heteroatoms. The van der Waals surface area contributed by atoms with Gasteiger partial charge in [-0.05, 0) is 72.9 Å². The third kappa shape index (κ3) is 5.43. The number of hydrogen-bond acceptors (Lipinski definition) is 6. The zero-order valence-electron chi connectivity index (χ0n) is 15.9. The van der Waals surface area contributed by atoms with Crippen LogP contribution in [0.25, 0.3) is 0 Å². The van der Waals surface area contributed by atoms with E-state index >= 15 is 0 Å². The molecule has 2 aliphatic rings. The van der Waals surface area contributed by atoms with Crippen LogP contribution in [-0.4, -0.2) is 43.3 Å². The lowest BCUT2D eigenvalue weighted by Gasteiger charge is -2.25. The molecule has 2 heterocycles. The van der Waals surface area contributed by atoms with Crippen LogP contribution in [0.3, 0.4) is 0 Å². The summed E-state index contributed by atoms with van der Waals surface area (Å²) >= 11 is 4.72. The SMILES string of the molecule is O=C(Nc1nc(CN2CCCCC2)cs1)c1cc(S(=O)(=O)NC2CC2)ccc1Br. The number of amides is 1. The van der Waals surface area contributed by atoms with E-state index in [-0.39, 0.29) is 22.4 Å². The van der Waals surface area contributed by atoms with Gasteiger partial charge in [-0.1, -0.05) is 6.42 Å². The maximum absolute atomic E-state index is 12.7. The lowest BCUT2D eigenvalue weighted by Crippen LogP contribution is -2.29. The zero-order valence-corrected chi connectivity index (χ0v) is 19.1. The van der Waals surface area contributed by atoms with E-state index in [9.17, 15) is 13.2 Å². The third-order valence-electron chi connectivity index (χ3n) is 5.00. The number of benzene rings is 1. The smallest absolute Gasteiger partial charge is 0.258 e. The Morgan fingerprint density at radius 1 is 1.24 bits per heavy atom. The minimum absolute atomic E-state index is 0.00886. The van der Waals surface area contributed by atoms with Crippen molar-refractivity contribution < 1.29 is 13.2 Å². The van der Waals surface area contributed by atoms with Crippen molar-refractivity contribution in [1.29, 1.82) is 0 Å². The number of sulfonamides is 1. The van der Waals surface area contributed by atoms with Crippen LogP contribution >= 0.6 is 27.3 Å². The number of anilines is 1. The quantitative estimate of drug-likeness (QED) is 0.608. The molecule has 2 aromatic rings. The highest BCUT2D eigenvalue weighted by atomic mass is 79.9. The van der Waals surface area contributed by atoms with E-state index in [1.165, 1.54) is 42.7 Å². The summed E-state index contributed by atoms with van der Waals surface area (Å²) < 4.78 is 28.1. The molecule has 1 aliphatic heterocycles. The van der Waals surface area contributed by atoms with Crippen molar-refractivity contribution >= 4 is 48.3 Å². The summed E-state index contributed by atoms with van der Waals surface area (Å²) in [5.41, 5.74) is 1.20. The largest absolute Gasteiger partial charge is 0.298 e. The van der Waals surface area contributed by atoms with Crippen LogP contribution in [0.4, 0.5) is 5.13 Å². The lowest BCUT2D eigenvalue weighted by atomic mass is 10.1. The van der Waals surface area contributed by atoms with E-state index in [0.717, 1.165) is 38.2 Å². The fraction of sp³-hybridized carbons (Fsp3) is 0.474. The van der Waals surface area contributed by atoms with Crippen LogP contribution in [0, 0.1) is 0 Å². The number of carbonyl (C=O) groups excluding carboxylic acids is 1. The van der Waals surface area contributed by atoms with Gasteiger partial charge in [-0.15, -0.1) is 11.3 Å². The monoisotopic (exact) mass is 498 g/mol. The van der Waals surface area contributed by atoms with Crippen molar-refractivity contribution in [2.75, 3.05) is 18.4 Å². The topological polar surface area (TPSA) is 91.4 Å². The average Bonchev–Trinajstić information content (AvgIpc) is 3.39. The Morgan fingerprint density at radius 3 is 2.72 bits per heavy atom. The highest BCUT2D eigenvalue weighted by molar-refractivity contribution is 9.10. The normalized spacial score (nSPS) is 18.0. The van der Waals surface area contributed by atoms with Crippen molar-refractivity contribution in [3.63, 3.8) is 0 Å². The number of hydrogen-bond donors (Lipinski definition) is 2. The summed E-state index contributed by atoms with van der Waals surface area (Å²) in [6.07, 6.45) is 5.43. The number of rotatable bonds is 7. The van der Waals surface area contributed by atoms with Gasteiger partial charge in [-0.25, -0.2) is 18.1 Å². The first-order valence-electron chi connectivity index (χ1n) is 9.71. The van der Waals surface area contributed by atoms with Crippen LogP contribution in [0.15, 0.2) is 32.9 Å². The predicted octanol–water partition coefficient (Wildman–Crippen LogP) is 3.58. The van der Waals surface area contributed by atoms with E-state index in [4.69, 9.17) is 0 Å². The van der Waals surface area contributed by atoms with E-state index in [1.54, 1.807) is 6.07 Å². The number of aromatic nitrogens is 1. The number of thiazole rings is 1. The molecule has 1 aromatic heterocycles. The van der Waals surface area contributed by atoms with Crippen molar-refractivity contribution in [1.82, 2.24) is 14.6 Å². The van der Waals surface area contributed by atoms with Gasteiger partial charge in [0, 0.05) is 22.4 Å². The summed E-state index contributed by atoms with van der Waals surface area (Å²) in [6, 6.07) is 4.48. The van der Waals surface area contributed by atoms with Crippen molar-refractivity contribution in [2.24, 2.45) is 0 Å². The minimum Gasteiger partial charge on any atom is -0.298 e. The van der Waals surface area contributed by atoms with Crippen LogP contribution in [0.1, 0.15) is 48.2 Å². The molecule has 0 atom stereocenters. The second kappa shape index (κ2) is 8.81. The molecular weight excluding hydrogens is 476 g/mol. The Balaban J connectivity index is 1.44. The Morgan fingerprint density at radius 2 is 2.00 bits per heavy atom. The molecule has 0 radical (unpaired) electrons. The molecule has 1 aliphatic carbocycles. The van der Waals surface area contributed by atoms with Gasteiger partial charge in [0.05, 0.1) is 16.2 Å². The Labute approximate surface area is 183 Å². The van der Waals surface area contributed by atoms with Crippen LogP contribution in [0.5, 0.6) is 0 Å². The molecule has 156 valence electrons. The predicted molar refractivity (Wildman–Crippen MR) is 117 cm³/mol. The summed E-state index contributed by atoms with van der Waals surface area (Å²) in [5.74, 6) is -0.390. The van der Waals surface area contributed by atoms with Gasteiger partial charge in [0.25, 0.3) is 5.91 Å². The van der Waals surface area contributed by atoms with Gasteiger partial charge in [0.15, 0.2) is 5.13 Å². The highest BCUT2D eigenvalue weighted by Crippen LogP contribution is 2.26. The molecule has 1 aromatic carbocycles. The number of piperidine rings is 1. The summed E-state index contributed by atoms with van der Waals surface area (Å²) in [4.78, 5) is 19.7. The molecule has 1 saturated heterocycles. The van der Waals surface area contributed by atoms with E-state index in [0.29, 0.717) is 9.60 Å². The molecule has 7 nitrogen and oxygen atoms in total. The molecule has 2 N–H and O–H groups in total. The molecule has 29 heavy (non-hydrogen) atoms. The zero-order chi connectivity index (χ0) is 20.4. The molecule has 2 fully saturated rings. The third-order valence-corrected chi connectivity index (χ3v) is 8.01. The standard InChI is InChI=1S/C19H23BrN4O3S2/c20-17-7-6-15(29(26,27)23-13-4-5-13)10-16(17)18(25)22-19-21-14(12-28-19)11-24-8-2-1-3-9-24/h6-7,10,12-13,23H,1-5,8-9,11H2,(H,21,22,25). The number of nitrogens with zero attached hydrogens (tertiary/aromatic N) is 2. The molecule has 0 bridgehead atoms. The molecular formula is C19H23BrN4O3S2. The summed E-state index contributed by atoms with van der Waals surface area (Å²) in [6.45, 7) is 2.96. The average molecular weight is 499 g/mol. The maximum Gasteiger partial charge on any atom is 0.258 e. The maximum atomic E-state index is 12.7. The van der Waals surface area contributed by atoms with Crippen molar-refractivity contribution in [3.05, 3.63) is 39.3 Å². The van der Waals surface area contributed by atoms with Gasteiger partial charge >= 0.3 is 0 Å². The van der Waals surface area contributed by atoms with Crippen molar-refractivity contribution in [3.8, 4) is 0 Å².